The number of carboxylic acids is 1. The number of nitrogens with one attached hydrogen (secondary N) is 1. The molecule has 1 aromatic heterocycles. The maximum Gasteiger partial charge on any atom is 0.253 e. The number of aliphatic hydroxyl groups excluding tert-OH is 1. The van der Waals surface area contributed by atoms with E-state index in [2.05, 4.69) is 10.3 Å². The van der Waals surface area contributed by atoms with Crippen LogP contribution in [0.25, 0.3) is 0 Å². The zero-order chi connectivity index (χ0) is 11.3. The molecule has 0 aliphatic carbocycles. The second-order valence-electron chi connectivity index (χ2n) is 2.77. The monoisotopic (exact) mass is 209 g/mol. The van der Waals surface area contributed by atoms with Crippen molar-refractivity contribution in [3.8, 4) is 0 Å². The van der Waals surface area contributed by atoms with Crippen LogP contribution in [0.15, 0.2) is 24.5 Å². The van der Waals surface area contributed by atoms with Crippen LogP contribution in [-0.2, 0) is 4.79 Å². The molecule has 0 saturated carbocycles. The molecule has 0 unspecified atom stereocenters. The lowest BCUT2D eigenvalue weighted by Crippen LogP contribution is -2.50. The maximum atomic E-state index is 11.4. The molecule has 6 nitrogen and oxygen atoms in total. The third-order valence-electron chi connectivity index (χ3n) is 1.70. The minimum absolute atomic E-state index is 0.220. The van der Waals surface area contributed by atoms with Crippen LogP contribution in [0, 0.1) is 0 Å². The molecule has 1 aromatic rings. The second kappa shape index (κ2) is 5.06. The standard InChI is InChI=1S/C9H10N2O4/c12-5-7(9(14)15)11-8(13)6-2-1-3-10-4-6/h1-4,7,12H,5H2,(H,11,13)(H,14,15)/p-1/t7-/m0/s1. The van der Waals surface area contributed by atoms with Crippen molar-refractivity contribution in [3.63, 3.8) is 0 Å². The first kappa shape index (κ1) is 11.1. The van der Waals surface area contributed by atoms with E-state index in [1.54, 1.807) is 6.07 Å². The van der Waals surface area contributed by atoms with E-state index in [9.17, 15) is 14.7 Å². The first-order valence-corrected chi connectivity index (χ1v) is 4.17. The average Bonchev–Trinajstić information content (AvgIpc) is 2.26. The summed E-state index contributed by atoms with van der Waals surface area (Å²) < 4.78 is 0. The fourth-order valence-electron chi connectivity index (χ4n) is 0.918. The summed E-state index contributed by atoms with van der Waals surface area (Å²) in [5.74, 6) is -2.15. The molecule has 1 heterocycles. The Hall–Kier alpha value is -1.95. The van der Waals surface area contributed by atoms with Crippen molar-refractivity contribution in [2.45, 2.75) is 6.04 Å². The minimum Gasteiger partial charge on any atom is -0.548 e. The van der Waals surface area contributed by atoms with Crippen LogP contribution in [0.3, 0.4) is 0 Å². The number of pyridine rings is 1. The van der Waals surface area contributed by atoms with Gasteiger partial charge in [0, 0.05) is 12.4 Å². The number of carboxylic acid groups (broad SMARTS) is 1. The number of aromatic nitrogens is 1. The molecule has 1 rings (SSSR count). The topological polar surface area (TPSA) is 102 Å². The molecule has 1 atom stereocenters. The lowest BCUT2D eigenvalue weighted by Gasteiger charge is -2.16. The number of aliphatic hydroxyl groups is 1. The van der Waals surface area contributed by atoms with E-state index in [1.165, 1.54) is 18.5 Å². The van der Waals surface area contributed by atoms with E-state index in [-0.39, 0.29) is 5.56 Å². The fraction of sp³-hybridized carbons (Fsp3) is 0.222. The highest BCUT2D eigenvalue weighted by Gasteiger charge is 2.13. The van der Waals surface area contributed by atoms with Crippen molar-refractivity contribution in [3.05, 3.63) is 30.1 Å². The molecular formula is C9H9N2O4-. The largest absolute Gasteiger partial charge is 0.548 e. The Kier molecular flexibility index (Phi) is 3.75. The summed E-state index contributed by atoms with van der Waals surface area (Å²) in [5.41, 5.74) is 0.220. The van der Waals surface area contributed by atoms with Gasteiger partial charge in [0.05, 0.1) is 24.2 Å². The fourth-order valence-corrected chi connectivity index (χ4v) is 0.918. The van der Waals surface area contributed by atoms with Crippen LogP contribution in [0.2, 0.25) is 0 Å². The average molecular weight is 209 g/mol. The molecular weight excluding hydrogens is 200 g/mol. The molecule has 0 fully saturated rings. The third-order valence-corrected chi connectivity index (χ3v) is 1.70. The molecule has 0 spiro atoms. The number of hydrogen-bond donors (Lipinski definition) is 2. The Bertz CT molecular complexity index is 352. The summed E-state index contributed by atoms with van der Waals surface area (Å²) in [7, 11) is 0. The van der Waals surface area contributed by atoms with Gasteiger partial charge in [-0.2, -0.15) is 0 Å². The van der Waals surface area contributed by atoms with Crippen molar-refractivity contribution >= 4 is 11.9 Å². The van der Waals surface area contributed by atoms with Gasteiger partial charge in [-0.25, -0.2) is 0 Å². The van der Waals surface area contributed by atoms with E-state index in [4.69, 9.17) is 5.11 Å². The Labute approximate surface area is 85.6 Å². The number of nitrogens with zero attached hydrogens (tertiary/aromatic N) is 1. The molecule has 0 radical (unpaired) electrons. The number of carbonyl (C=O) groups excluding carboxylic acids is 2. The van der Waals surface area contributed by atoms with Gasteiger partial charge < -0.3 is 20.3 Å². The molecule has 2 N–H and O–H groups in total. The van der Waals surface area contributed by atoms with Gasteiger partial charge in [-0.15, -0.1) is 0 Å². The van der Waals surface area contributed by atoms with Gasteiger partial charge in [-0.05, 0) is 12.1 Å². The third kappa shape index (κ3) is 3.03. The van der Waals surface area contributed by atoms with Gasteiger partial charge in [0.2, 0.25) is 0 Å². The second-order valence-corrected chi connectivity index (χ2v) is 2.77. The van der Waals surface area contributed by atoms with Crippen LogP contribution in [0.1, 0.15) is 10.4 Å². The van der Waals surface area contributed by atoms with Crippen LogP contribution in [0.5, 0.6) is 0 Å². The zero-order valence-electron chi connectivity index (χ0n) is 7.71. The summed E-state index contributed by atoms with van der Waals surface area (Å²) in [4.78, 5) is 25.5. The molecule has 1 amide bonds. The van der Waals surface area contributed by atoms with Crippen molar-refractivity contribution in [1.29, 1.82) is 0 Å². The van der Waals surface area contributed by atoms with Crippen LogP contribution >= 0.6 is 0 Å². The Morgan fingerprint density at radius 3 is 2.80 bits per heavy atom. The molecule has 6 heteroatoms. The maximum absolute atomic E-state index is 11.4. The molecule has 15 heavy (non-hydrogen) atoms. The van der Waals surface area contributed by atoms with E-state index < -0.39 is 24.5 Å². The van der Waals surface area contributed by atoms with E-state index in [0.29, 0.717) is 0 Å². The Balaban J connectivity index is 2.67. The first-order valence-electron chi connectivity index (χ1n) is 4.17. The van der Waals surface area contributed by atoms with Gasteiger partial charge in [-0.3, -0.25) is 9.78 Å². The van der Waals surface area contributed by atoms with Crippen LogP contribution < -0.4 is 10.4 Å². The SMILES string of the molecule is O=C(N[C@@H](CO)C(=O)[O-])c1cccnc1. The highest BCUT2D eigenvalue weighted by molar-refractivity contribution is 5.96. The number of aliphatic carboxylic acids is 1. The smallest absolute Gasteiger partial charge is 0.253 e. The summed E-state index contributed by atoms with van der Waals surface area (Å²) in [6.07, 6.45) is 2.78. The van der Waals surface area contributed by atoms with Gasteiger partial charge in [0.25, 0.3) is 5.91 Å². The summed E-state index contributed by atoms with van der Waals surface area (Å²) in [6, 6.07) is 1.62. The molecule has 0 aliphatic rings. The highest BCUT2D eigenvalue weighted by atomic mass is 16.4. The lowest BCUT2D eigenvalue weighted by atomic mass is 10.2. The molecule has 0 bridgehead atoms. The lowest BCUT2D eigenvalue weighted by molar-refractivity contribution is -0.308. The first-order chi connectivity index (χ1) is 7.15. The summed E-state index contributed by atoms with van der Waals surface area (Å²) in [6.45, 7) is -0.714. The van der Waals surface area contributed by atoms with Crippen molar-refractivity contribution in [2.75, 3.05) is 6.61 Å². The van der Waals surface area contributed by atoms with Gasteiger partial charge in [0.1, 0.15) is 0 Å². The van der Waals surface area contributed by atoms with Crippen molar-refractivity contribution in [1.82, 2.24) is 10.3 Å². The zero-order valence-corrected chi connectivity index (χ0v) is 7.71. The van der Waals surface area contributed by atoms with Crippen LogP contribution in [-0.4, -0.2) is 34.6 Å². The number of carbonyl (C=O) groups is 2. The molecule has 0 aromatic carbocycles. The summed E-state index contributed by atoms with van der Waals surface area (Å²) >= 11 is 0. The minimum atomic E-state index is -1.53. The van der Waals surface area contributed by atoms with Gasteiger partial charge in [-0.1, -0.05) is 0 Å². The van der Waals surface area contributed by atoms with Crippen molar-refractivity contribution in [2.24, 2.45) is 0 Å². The molecule has 80 valence electrons. The Morgan fingerprint density at radius 2 is 2.33 bits per heavy atom. The predicted molar refractivity (Wildman–Crippen MR) is 47.6 cm³/mol. The Morgan fingerprint density at radius 1 is 1.60 bits per heavy atom. The quantitative estimate of drug-likeness (QED) is 0.592. The van der Waals surface area contributed by atoms with Gasteiger partial charge in [0.15, 0.2) is 0 Å². The number of hydrogen-bond acceptors (Lipinski definition) is 5. The summed E-state index contributed by atoms with van der Waals surface area (Å²) in [5, 5.41) is 21.1. The van der Waals surface area contributed by atoms with Crippen LogP contribution in [0.4, 0.5) is 0 Å². The van der Waals surface area contributed by atoms with E-state index >= 15 is 0 Å². The van der Waals surface area contributed by atoms with Crippen molar-refractivity contribution < 1.29 is 19.8 Å². The molecule has 0 aliphatic heterocycles. The van der Waals surface area contributed by atoms with E-state index in [1.807, 2.05) is 0 Å². The predicted octanol–water partition coefficient (Wildman–Crippen LogP) is -2.08. The number of rotatable bonds is 4. The van der Waals surface area contributed by atoms with E-state index in [0.717, 1.165) is 0 Å². The number of amides is 1. The normalized spacial score (nSPS) is 11.8. The molecule has 0 saturated heterocycles. The highest BCUT2D eigenvalue weighted by Crippen LogP contribution is 1.95. The van der Waals surface area contributed by atoms with Gasteiger partial charge >= 0.3 is 0 Å².